The fourth-order valence-electron chi connectivity index (χ4n) is 3.14. The van der Waals surface area contributed by atoms with Gasteiger partial charge in [-0.25, -0.2) is 0 Å². The van der Waals surface area contributed by atoms with Crippen LogP contribution in [-0.2, 0) is 23.5 Å². The SMILES string of the molecule is CC(C)(C)c1ccc([I+](OS(=O)(=O)c2ccc(C#N)cc2)c2ccc(C(C)(C)C)cc2)cc1. The Hall–Kier alpha value is -2.21. The fourth-order valence-corrected chi connectivity index (χ4v) is 10.0. The number of halogens is 1. The number of nitriles is 1. The first kappa shape index (κ1) is 25.4. The first-order valence-corrected chi connectivity index (χ1v) is 15.1. The molecule has 0 atom stereocenters. The van der Waals surface area contributed by atoms with Crippen LogP contribution in [0.15, 0.2) is 77.7 Å². The molecule has 3 rings (SSSR count). The molecule has 3 aromatic rings. The van der Waals surface area contributed by atoms with Crippen LogP contribution in [0.25, 0.3) is 0 Å². The first-order chi connectivity index (χ1) is 15.3. The molecular weight excluding hydrogens is 545 g/mol. The zero-order valence-electron chi connectivity index (χ0n) is 19.9. The highest BCUT2D eigenvalue weighted by atomic mass is 127. The van der Waals surface area contributed by atoms with Crippen LogP contribution in [0.5, 0.6) is 0 Å². The maximum atomic E-state index is 13.2. The van der Waals surface area contributed by atoms with E-state index in [1.807, 2.05) is 30.3 Å². The zero-order valence-corrected chi connectivity index (χ0v) is 22.9. The molecule has 0 aliphatic carbocycles. The van der Waals surface area contributed by atoms with E-state index in [-0.39, 0.29) is 15.7 Å². The molecule has 0 heterocycles. The molecule has 0 bridgehead atoms. The molecule has 0 spiro atoms. The monoisotopic (exact) mass is 575 g/mol. The lowest BCUT2D eigenvalue weighted by molar-refractivity contribution is -1.03. The van der Waals surface area contributed by atoms with Gasteiger partial charge in [-0.3, -0.25) is 0 Å². The van der Waals surface area contributed by atoms with Crippen molar-refractivity contribution in [3.05, 3.63) is 96.6 Å². The Kier molecular flexibility index (Phi) is 7.37. The van der Waals surface area contributed by atoms with Gasteiger partial charge in [-0.15, -0.1) is 0 Å². The fraction of sp³-hybridized carbons (Fsp3) is 0.296. The molecule has 0 N–H and O–H groups in total. The van der Waals surface area contributed by atoms with Crippen LogP contribution in [0.2, 0.25) is 0 Å². The van der Waals surface area contributed by atoms with Crippen molar-refractivity contribution in [2.75, 3.05) is 0 Å². The molecule has 1 radical (unpaired) electrons. The summed E-state index contributed by atoms with van der Waals surface area (Å²) in [7, 11) is -4.00. The molecule has 0 unspecified atom stereocenters. The van der Waals surface area contributed by atoms with Gasteiger partial charge in [0.15, 0.2) is 7.14 Å². The summed E-state index contributed by atoms with van der Waals surface area (Å²) in [6, 6.07) is 24.1. The second-order valence-electron chi connectivity index (χ2n) is 9.92. The Morgan fingerprint density at radius 1 is 0.697 bits per heavy atom. The Bertz CT molecular complexity index is 1190. The largest absolute Gasteiger partial charge is 0.336 e. The topological polar surface area (TPSA) is 67.2 Å². The minimum atomic E-state index is -4.00. The number of rotatable bonds is 5. The molecule has 3 aromatic carbocycles. The van der Waals surface area contributed by atoms with Gasteiger partial charge in [-0.05, 0) is 73.0 Å². The average molecular weight is 576 g/mol. The molecule has 6 heteroatoms. The molecule has 0 aliphatic rings. The van der Waals surface area contributed by atoms with E-state index in [2.05, 4.69) is 65.8 Å². The van der Waals surface area contributed by atoms with Gasteiger partial charge in [0.1, 0.15) is 0 Å². The van der Waals surface area contributed by atoms with E-state index in [1.54, 1.807) is 0 Å². The summed E-state index contributed by atoms with van der Waals surface area (Å²) >= 11 is -2.79. The number of nitrogens with zero attached hydrogens (tertiary/aromatic N) is 1. The lowest BCUT2D eigenvalue weighted by Gasteiger charge is -2.19. The van der Waals surface area contributed by atoms with Crippen molar-refractivity contribution in [3.8, 4) is 6.07 Å². The van der Waals surface area contributed by atoms with Crippen LogP contribution in [0.3, 0.4) is 0 Å². The number of hydrogen-bond donors (Lipinski definition) is 0. The summed E-state index contributed by atoms with van der Waals surface area (Å²) in [5, 5.41) is 9.01. The minimum absolute atomic E-state index is 0.00134. The Labute approximate surface area is 205 Å². The van der Waals surface area contributed by atoms with Crippen LogP contribution >= 0.6 is 0 Å². The average Bonchev–Trinajstić information content (AvgIpc) is 2.76. The van der Waals surface area contributed by atoms with Gasteiger partial charge in [-0.2, -0.15) is 13.7 Å². The van der Waals surface area contributed by atoms with E-state index in [9.17, 15) is 8.42 Å². The van der Waals surface area contributed by atoms with Gasteiger partial charge in [0.05, 0.1) is 16.5 Å². The summed E-state index contributed by atoms with van der Waals surface area (Å²) in [5.74, 6) is 0. The number of benzene rings is 3. The van der Waals surface area contributed by atoms with Gasteiger partial charge in [0, 0.05) is 0 Å². The van der Waals surface area contributed by atoms with E-state index >= 15 is 0 Å². The maximum absolute atomic E-state index is 13.2. The van der Waals surface area contributed by atoms with Crippen molar-refractivity contribution < 1.29 is 31.2 Å². The molecule has 0 aromatic heterocycles. The van der Waals surface area contributed by atoms with E-state index in [0.29, 0.717) is 5.56 Å². The molecule has 0 fully saturated rings. The van der Waals surface area contributed by atoms with Crippen molar-refractivity contribution in [2.45, 2.75) is 57.3 Å². The number of hydrogen-bond acceptors (Lipinski definition) is 4. The van der Waals surface area contributed by atoms with Crippen LogP contribution in [-0.4, -0.2) is 8.42 Å². The highest BCUT2D eigenvalue weighted by Gasteiger charge is 2.38. The summed E-state index contributed by atoms with van der Waals surface area (Å²) in [4.78, 5) is 0.0569. The molecule has 33 heavy (non-hydrogen) atoms. The minimum Gasteiger partial charge on any atom is -0.192 e. The van der Waals surface area contributed by atoms with Gasteiger partial charge >= 0.3 is 30.4 Å². The van der Waals surface area contributed by atoms with Crippen molar-refractivity contribution >= 4 is 10.1 Å². The van der Waals surface area contributed by atoms with E-state index < -0.39 is 30.4 Å². The van der Waals surface area contributed by atoms with Crippen molar-refractivity contribution in [2.24, 2.45) is 0 Å². The van der Waals surface area contributed by atoms with Crippen molar-refractivity contribution in [1.82, 2.24) is 0 Å². The third kappa shape index (κ3) is 6.23. The molecule has 4 nitrogen and oxygen atoms in total. The molecule has 0 saturated heterocycles. The lowest BCUT2D eigenvalue weighted by atomic mass is 9.87. The van der Waals surface area contributed by atoms with E-state index in [4.69, 9.17) is 7.77 Å². The summed E-state index contributed by atoms with van der Waals surface area (Å²) in [6.07, 6.45) is 0. The predicted molar refractivity (Wildman–Crippen MR) is 127 cm³/mol. The second-order valence-corrected chi connectivity index (χ2v) is 16.4. The van der Waals surface area contributed by atoms with E-state index in [1.165, 1.54) is 35.4 Å². The summed E-state index contributed by atoms with van der Waals surface area (Å²) in [6.45, 7) is 12.9. The smallest absolute Gasteiger partial charge is 0.192 e. The standard InChI is InChI=1S/C27H30INO3S/c1-26(2,3)21-9-13-23(14-10-21)28(24-15-11-22(12-16-24)27(4,5)6)32-33(30,31)25-17-7-20(19-29)8-18-25/h7-18H,1-6H3/q+1. The van der Waals surface area contributed by atoms with Crippen LogP contribution < -0.4 is 20.2 Å². The molecule has 0 amide bonds. The van der Waals surface area contributed by atoms with Gasteiger partial charge in [0.2, 0.25) is 0 Å². The third-order valence-electron chi connectivity index (χ3n) is 5.23. The molecule has 0 aliphatic heterocycles. The van der Waals surface area contributed by atoms with E-state index in [0.717, 1.165) is 7.14 Å². The highest BCUT2D eigenvalue weighted by molar-refractivity contribution is 7.86. The summed E-state index contributed by atoms with van der Waals surface area (Å²) < 4.78 is 34.1. The maximum Gasteiger partial charge on any atom is 0.336 e. The van der Waals surface area contributed by atoms with Gasteiger partial charge in [-0.1, -0.05) is 65.8 Å². The quantitative estimate of drug-likeness (QED) is 0.439. The zero-order chi connectivity index (χ0) is 24.4. The van der Waals surface area contributed by atoms with Gasteiger partial charge in [0.25, 0.3) is 0 Å². The lowest BCUT2D eigenvalue weighted by Crippen LogP contribution is -3.85. The van der Waals surface area contributed by atoms with Crippen LogP contribution in [0.4, 0.5) is 0 Å². The Morgan fingerprint density at radius 3 is 1.42 bits per heavy atom. The Morgan fingerprint density at radius 2 is 1.09 bits per heavy atom. The van der Waals surface area contributed by atoms with Crippen LogP contribution in [0, 0.1) is 18.5 Å². The molecular formula is C27H30INO3S+. The second kappa shape index (κ2) is 9.57. The normalized spacial score (nSPS) is 12.5. The predicted octanol–water partition coefficient (Wildman–Crippen LogP) is 3.14. The molecule has 0 saturated carbocycles. The van der Waals surface area contributed by atoms with Crippen LogP contribution in [0.1, 0.15) is 58.2 Å². The molecule has 173 valence electrons. The third-order valence-corrected chi connectivity index (χ3v) is 12.6. The van der Waals surface area contributed by atoms with Crippen molar-refractivity contribution in [3.63, 3.8) is 0 Å². The Balaban J connectivity index is 2.04. The first-order valence-electron chi connectivity index (χ1n) is 10.7. The van der Waals surface area contributed by atoms with Gasteiger partial charge < -0.3 is 0 Å². The highest BCUT2D eigenvalue weighted by Crippen LogP contribution is 2.22. The van der Waals surface area contributed by atoms with Crippen molar-refractivity contribution in [1.29, 1.82) is 5.26 Å². The summed E-state index contributed by atoms with van der Waals surface area (Å²) in [5.41, 5.74) is 2.77.